The second-order valence-electron chi connectivity index (χ2n) is 5.10. The average molecular weight is 371 g/mol. The van der Waals surface area contributed by atoms with Crippen molar-refractivity contribution in [2.45, 2.75) is 13.1 Å². The first-order valence-corrected chi connectivity index (χ1v) is 8.09. The zero-order valence-electron chi connectivity index (χ0n) is 12.9. The number of hydrogen-bond acceptors (Lipinski definition) is 5. The number of carbonyl (C=O) groups excluding carboxylic acids is 2. The minimum Gasteiger partial charge on any atom is -0.482 e. The van der Waals surface area contributed by atoms with Crippen LogP contribution < -0.4 is 15.0 Å². The number of carbonyl (C=O) groups is 2. The number of rotatable bonds is 3. The van der Waals surface area contributed by atoms with Crippen LogP contribution in [0, 0.1) is 0 Å². The maximum absolute atomic E-state index is 12.3. The second kappa shape index (κ2) is 6.36. The molecule has 0 atom stereocenters. The quantitative estimate of drug-likeness (QED) is 0.900. The van der Waals surface area contributed by atoms with Crippen LogP contribution in [0.2, 0.25) is 0 Å². The summed E-state index contributed by atoms with van der Waals surface area (Å²) in [6.07, 6.45) is -4.98. The normalized spacial score (nSPS) is 14.1. The van der Waals surface area contributed by atoms with Gasteiger partial charge in [0.2, 0.25) is 0 Å². The summed E-state index contributed by atoms with van der Waals surface area (Å²) in [6.45, 7) is 2.25. The number of thiazole rings is 1. The van der Waals surface area contributed by atoms with Gasteiger partial charge in [-0.15, -0.1) is 11.3 Å². The molecule has 0 aliphatic carbocycles. The van der Waals surface area contributed by atoms with Gasteiger partial charge < -0.3 is 9.64 Å². The van der Waals surface area contributed by atoms with Crippen LogP contribution in [0.25, 0.3) is 11.3 Å². The fraction of sp³-hybridized carbons (Fsp3) is 0.267. The number of hydrogen-bond donors (Lipinski definition) is 1. The number of amides is 2. The van der Waals surface area contributed by atoms with Crippen LogP contribution in [0.5, 0.6) is 5.75 Å². The third-order valence-electron chi connectivity index (χ3n) is 3.50. The van der Waals surface area contributed by atoms with Gasteiger partial charge in [0, 0.05) is 17.5 Å². The summed E-state index contributed by atoms with van der Waals surface area (Å²) in [4.78, 5) is 28.4. The number of ether oxygens (including phenoxy) is 1. The summed E-state index contributed by atoms with van der Waals surface area (Å²) >= 11 is 0.878. The first-order chi connectivity index (χ1) is 11.8. The zero-order valence-corrected chi connectivity index (χ0v) is 13.7. The van der Waals surface area contributed by atoms with E-state index in [0.29, 0.717) is 29.2 Å². The summed E-state index contributed by atoms with van der Waals surface area (Å²) < 4.78 is 42.2. The summed E-state index contributed by atoms with van der Waals surface area (Å²) in [5, 5.41) is 3.08. The lowest BCUT2D eigenvalue weighted by atomic mass is 10.1. The van der Waals surface area contributed by atoms with E-state index in [1.165, 1.54) is 5.38 Å². The number of nitrogens with one attached hydrogen (secondary N) is 1. The van der Waals surface area contributed by atoms with Gasteiger partial charge in [0.15, 0.2) is 11.7 Å². The lowest BCUT2D eigenvalue weighted by Gasteiger charge is -2.28. The summed E-state index contributed by atoms with van der Waals surface area (Å²) in [5.41, 5.74) is 1.56. The molecule has 10 heteroatoms. The Morgan fingerprint density at radius 1 is 1.44 bits per heavy atom. The Kier molecular flexibility index (Phi) is 4.38. The number of fused-ring (bicyclic) bond motifs is 1. The first-order valence-electron chi connectivity index (χ1n) is 7.21. The molecule has 3 rings (SSSR count). The molecular formula is C15H12F3N3O3S. The smallest absolute Gasteiger partial charge is 0.471 e. The third kappa shape index (κ3) is 3.43. The molecule has 132 valence electrons. The zero-order chi connectivity index (χ0) is 18.2. The molecule has 0 radical (unpaired) electrons. The number of likely N-dealkylation sites (N-methyl/N-ethyl adjacent to an activating group) is 1. The summed E-state index contributed by atoms with van der Waals surface area (Å²) in [6, 6.07) is 5.04. The summed E-state index contributed by atoms with van der Waals surface area (Å²) in [7, 11) is 0. The van der Waals surface area contributed by atoms with E-state index in [1.54, 1.807) is 28.4 Å². The topological polar surface area (TPSA) is 71.5 Å². The SMILES string of the molecule is CCN1C(=O)COc2ccc(-c3csc(NC(=O)C(F)(F)F)n3)cc21. The third-order valence-corrected chi connectivity index (χ3v) is 4.25. The molecule has 1 aromatic carbocycles. The van der Waals surface area contributed by atoms with Crippen LogP contribution in [-0.2, 0) is 9.59 Å². The molecule has 0 unspecified atom stereocenters. The highest BCUT2D eigenvalue weighted by atomic mass is 32.1. The van der Waals surface area contributed by atoms with Crippen molar-refractivity contribution < 1.29 is 27.5 Å². The fourth-order valence-corrected chi connectivity index (χ4v) is 3.05. The lowest BCUT2D eigenvalue weighted by molar-refractivity contribution is -0.167. The predicted octanol–water partition coefficient (Wildman–Crippen LogP) is 3.06. The van der Waals surface area contributed by atoms with Gasteiger partial charge in [-0.2, -0.15) is 13.2 Å². The number of halogens is 3. The minimum atomic E-state index is -4.98. The van der Waals surface area contributed by atoms with E-state index in [0.717, 1.165) is 11.3 Å². The minimum absolute atomic E-state index is 0.0372. The number of alkyl halides is 3. The fourth-order valence-electron chi connectivity index (χ4n) is 2.34. The molecule has 0 bridgehead atoms. The predicted molar refractivity (Wildman–Crippen MR) is 85.8 cm³/mol. The maximum Gasteiger partial charge on any atom is 0.471 e. The molecule has 0 saturated carbocycles. The molecule has 25 heavy (non-hydrogen) atoms. The Labute approximate surface area is 144 Å². The van der Waals surface area contributed by atoms with E-state index >= 15 is 0 Å². The molecule has 1 aromatic heterocycles. The molecular weight excluding hydrogens is 359 g/mol. The van der Waals surface area contributed by atoms with Crippen molar-refractivity contribution in [1.29, 1.82) is 0 Å². The second-order valence-corrected chi connectivity index (χ2v) is 5.96. The molecule has 1 N–H and O–H groups in total. The van der Waals surface area contributed by atoms with E-state index in [-0.39, 0.29) is 17.6 Å². The van der Waals surface area contributed by atoms with Crippen molar-refractivity contribution in [2.75, 3.05) is 23.4 Å². The number of anilines is 2. The molecule has 0 fully saturated rings. The Hall–Kier alpha value is -2.62. The van der Waals surface area contributed by atoms with Gasteiger partial charge in [0.1, 0.15) is 5.75 Å². The van der Waals surface area contributed by atoms with Crippen molar-refractivity contribution in [2.24, 2.45) is 0 Å². The van der Waals surface area contributed by atoms with E-state index < -0.39 is 12.1 Å². The van der Waals surface area contributed by atoms with Crippen LogP contribution in [0.15, 0.2) is 23.6 Å². The molecule has 0 saturated heterocycles. The van der Waals surface area contributed by atoms with Crippen molar-refractivity contribution >= 4 is 34.0 Å². The lowest BCUT2D eigenvalue weighted by Crippen LogP contribution is -2.38. The van der Waals surface area contributed by atoms with Crippen LogP contribution >= 0.6 is 11.3 Å². The van der Waals surface area contributed by atoms with Crippen molar-refractivity contribution in [3.05, 3.63) is 23.6 Å². The molecule has 0 spiro atoms. The molecule has 2 aromatic rings. The van der Waals surface area contributed by atoms with E-state index in [2.05, 4.69) is 4.98 Å². The van der Waals surface area contributed by atoms with Crippen LogP contribution in [0.1, 0.15) is 6.92 Å². The highest BCUT2D eigenvalue weighted by molar-refractivity contribution is 7.14. The first kappa shape index (κ1) is 17.2. The van der Waals surface area contributed by atoms with Crippen LogP contribution in [-0.4, -0.2) is 36.1 Å². The number of aromatic nitrogens is 1. The van der Waals surface area contributed by atoms with Crippen LogP contribution in [0.3, 0.4) is 0 Å². The summed E-state index contributed by atoms with van der Waals surface area (Å²) in [5.74, 6) is -1.70. The van der Waals surface area contributed by atoms with Gasteiger partial charge in [-0.1, -0.05) is 0 Å². The van der Waals surface area contributed by atoms with Gasteiger partial charge in [0.05, 0.1) is 11.4 Å². The standard InChI is InChI=1S/C15H12F3N3O3S/c1-2-21-10-5-8(3-4-11(10)24-6-12(21)22)9-7-25-14(19-9)20-13(23)15(16,17)18/h3-5,7H,2,6H2,1H3,(H,19,20,23). The van der Waals surface area contributed by atoms with Gasteiger partial charge in [0.25, 0.3) is 5.91 Å². The Bertz CT molecular complexity index is 835. The molecule has 2 amide bonds. The molecule has 6 nitrogen and oxygen atoms in total. The highest BCUT2D eigenvalue weighted by Gasteiger charge is 2.39. The molecule has 2 heterocycles. The van der Waals surface area contributed by atoms with E-state index in [9.17, 15) is 22.8 Å². The van der Waals surface area contributed by atoms with Gasteiger partial charge in [-0.05, 0) is 25.1 Å². The number of benzene rings is 1. The van der Waals surface area contributed by atoms with Crippen molar-refractivity contribution in [1.82, 2.24) is 4.98 Å². The number of nitrogens with zero attached hydrogens (tertiary/aromatic N) is 2. The Morgan fingerprint density at radius 3 is 2.88 bits per heavy atom. The molecule has 1 aliphatic heterocycles. The van der Waals surface area contributed by atoms with Crippen molar-refractivity contribution in [3.63, 3.8) is 0 Å². The van der Waals surface area contributed by atoms with E-state index in [1.807, 2.05) is 6.92 Å². The van der Waals surface area contributed by atoms with Gasteiger partial charge in [-0.3, -0.25) is 14.9 Å². The van der Waals surface area contributed by atoms with Crippen LogP contribution in [0.4, 0.5) is 24.0 Å². The van der Waals surface area contributed by atoms with Crippen molar-refractivity contribution in [3.8, 4) is 17.0 Å². The van der Waals surface area contributed by atoms with Gasteiger partial charge >= 0.3 is 12.1 Å². The maximum atomic E-state index is 12.3. The van der Waals surface area contributed by atoms with Gasteiger partial charge in [-0.25, -0.2) is 4.98 Å². The highest BCUT2D eigenvalue weighted by Crippen LogP contribution is 2.36. The Morgan fingerprint density at radius 2 is 2.20 bits per heavy atom. The largest absolute Gasteiger partial charge is 0.482 e. The van der Waals surface area contributed by atoms with E-state index in [4.69, 9.17) is 4.74 Å². The molecule has 1 aliphatic rings. The monoisotopic (exact) mass is 371 g/mol. The Balaban J connectivity index is 1.87. The average Bonchev–Trinajstić information content (AvgIpc) is 3.02.